The van der Waals surface area contributed by atoms with Gasteiger partial charge in [0.05, 0.1) is 13.3 Å². The molecule has 2 amide bonds. The van der Waals surface area contributed by atoms with Gasteiger partial charge >= 0.3 is 0 Å². The quantitative estimate of drug-likeness (QED) is 0.682. The predicted molar refractivity (Wildman–Crippen MR) is 115 cm³/mol. The van der Waals surface area contributed by atoms with Gasteiger partial charge in [-0.3, -0.25) is 14.6 Å². The molecule has 1 saturated heterocycles. The summed E-state index contributed by atoms with van der Waals surface area (Å²) in [4.78, 5) is 30.2. The highest BCUT2D eigenvalue weighted by Crippen LogP contribution is 2.28. The second-order valence-electron chi connectivity index (χ2n) is 7.15. The number of pyridine rings is 1. The molecule has 0 unspecified atom stereocenters. The Balaban J connectivity index is 1.38. The van der Waals surface area contributed by atoms with Crippen molar-refractivity contribution in [1.29, 1.82) is 0 Å². The molecule has 0 saturated carbocycles. The first-order valence-electron chi connectivity index (χ1n) is 9.91. The van der Waals surface area contributed by atoms with Crippen LogP contribution in [0.15, 0.2) is 67.0 Å². The van der Waals surface area contributed by atoms with Gasteiger partial charge < -0.3 is 15.0 Å². The summed E-state index contributed by atoms with van der Waals surface area (Å²) >= 11 is 0. The summed E-state index contributed by atoms with van der Waals surface area (Å²) < 4.78 is 5.35. The molecule has 1 aliphatic rings. The first-order valence-corrected chi connectivity index (χ1v) is 9.91. The molecule has 4 rings (SSSR count). The maximum absolute atomic E-state index is 12.5. The van der Waals surface area contributed by atoms with Crippen LogP contribution in [-0.2, 0) is 11.3 Å². The van der Waals surface area contributed by atoms with Crippen molar-refractivity contribution in [2.24, 2.45) is 0 Å². The van der Waals surface area contributed by atoms with E-state index in [2.05, 4.69) is 10.3 Å². The number of anilines is 1. The highest BCUT2D eigenvalue weighted by Gasteiger charge is 2.21. The van der Waals surface area contributed by atoms with Crippen molar-refractivity contribution in [2.45, 2.75) is 19.4 Å². The van der Waals surface area contributed by atoms with E-state index in [-0.39, 0.29) is 11.8 Å². The van der Waals surface area contributed by atoms with Crippen LogP contribution in [0.1, 0.15) is 28.8 Å². The van der Waals surface area contributed by atoms with Gasteiger partial charge in [0.15, 0.2) is 0 Å². The van der Waals surface area contributed by atoms with Crippen LogP contribution in [0.3, 0.4) is 0 Å². The van der Waals surface area contributed by atoms with Crippen LogP contribution in [0, 0.1) is 0 Å². The second kappa shape index (κ2) is 8.78. The molecule has 0 bridgehead atoms. The number of hydrogen-bond acceptors (Lipinski definition) is 4. The van der Waals surface area contributed by atoms with Crippen molar-refractivity contribution in [1.82, 2.24) is 10.3 Å². The summed E-state index contributed by atoms with van der Waals surface area (Å²) in [7, 11) is 1.61. The zero-order valence-corrected chi connectivity index (χ0v) is 16.8. The molecule has 6 heteroatoms. The Morgan fingerprint density at radius 1 is 1.10 bits per heavy atom. The van der Waals surface area contributed by atoms with E-state index >= 15 is 0 Å². The summed E-state index contributed by atoms with van der Waals surface area (Å²) in [6.07, 6.45) is 4.90. The molecule has 30 heavy (non-hydrogen) atoms. The first-order chi connectivity index (χ1) is 14.7. The molecule has 2 aromatic carbocycles. The molecule has 1 aliphatic heterocycles. The number of carbonyl (C=O) groups is 2. The number of nitrogens with zero attached hydrogens (tertiary/aromatic N) is 2. The fourth-order valence-electron chi connectivity index (χ4n) is 3.58. The average molecular weight is 401 g/mol. The van der Waals surface area contributed by atoms with Crippen molar-refractivity contribution in [3.05, 3.63) is 78.1 Å². The van der Waals surface area contributed by atoms with E-state index in [1.54, 1.807) is 31.6 Å². The molecule has 3 aromatic rings. The molecule has 6 nitrogen and oxygen atoms in total. The molecular weight excluding hydrogens is 378 g/mol. The lowest BCUT2D eigenvalue weighted by atomic mass is 10.0. The zero-order valence-electron chi connectivity index (χ0n) is 16.8. The largest absolute Gasteiger partial charge is 0.494 e. The molecule has 0 aliphatic carbocycles. The minimum atomic E-state index is -0.137. The Bertz CT molecular complexity index is 1050. The third kappa shape index (κ3) is 4.17. The van der Waals surface area contributed by atoms with E-state index in [0.717, 1.165) is 35.3 Å². The minimum absolute atomic E-state index is 0.137. The maximum Gasteiger partial charge on any atom is 0.251 e. The Labute approximate surface area is 175 Å². The number of nitrogens with one attached hydrogen (secondary N) is 1. The fraction of sp³-hybridized carbons (Fsp3) is 0.208. The van der Waals surface area contributed by atoms with E-state index in [4.69, 9.17) is 4.74 Å². The fourth-order valence-corrected chi connectivity index (χ4v) is 3.58. The van der Waals surface area contributed by atoms with E-state index in [0.29, 0.717) is 24.3 Å². The third-order valence-electron chi connectivity index (χ3n) is 5.24. The van der Waals surface area contributed by atoms with E-state index < -0.39 is 0 Å². The molecule has 1 aromatic heterocycles. The van der Waals surface area contributed by atoms with Crippen LogP contribution in [0.2, 0.25) is 0 Å². The van der Waals surface area contributed by atoms with Gasteiger partial charge in [-0.2, -0.15) is 0 Å². The van der Waals surface area contributed by atoms with Crippen LogP contribution in [-0.4, -0.2) is 30.5 Å². The maximum atomic E-state index is 12.5. The van der Waals surface area contributed by atoms with Crippen molar-refractivity contribution in [3.63, 3.8) is 0 Å². The minimum Gasteiger partial charge on any atom is -0.494 e. The second-order valence-corrected chi connectivity index (χ2v) is 7.15. The van der Waals surface area contributed by atoms with E-state index in [9.17, 15) is 9.59 Å². The van der Waals surface area contributed by atoms with Crippen LogP contribution >= 0.6 is 0 Å². The Morgan fingerprint density at radius 3 is 2.53 bits per heavy atom. The monoisotopic (exact) mass is 401 g/mol. The van der Waals surface area contributed by atoms with Crippen LogP contribution in [0.25, 0.3) is 11.1 Å². The normalized spacial score (nSPS) is 13.4. The predicted octanol–water partition coefficient (Wildman–Crippen LogP) is 3.81. The lowest BCUT2D eigenvalue weighted by molar-refractivity contribution is -0.117. The van der Waals surface area contributed by atoms with Gasteiger partial charge in [-0.25, -0.2) is 0 Å². The number of aromatic nitrogens is 1. The Morgan fingerprint density at radius 2 is 1.87 bits per heavy atom. The standard InChI is InChI=1S/C24H23N3O3/c1-30-22-16-25-13-12-21(22)18-6-8-19(9-7-18)24(29)26-15-17-4-10-20(11-5-17)27-14-2-3-23(27)28/h4-13,16H,2-3,14-15H2,1H3,(H,26,29). The zero-order chi connectivity index (χ0) is 20.9. The molecule has 0 radical (unpaired) electrons. The lowest BCUT2D eigenvalue weighted by Crippen LogP contribution is -2.24. The smallest absolute Gasteiger partial charge is 0.251 e. The summed E-state index contributed by atoms with van der Waals surface area (Å²) in [6.45, 7) is 1.20. The first kappa shape index (κ1) is 19.6. The number of hydrogen-bond donors (Lipinski definition) is 1. The van der Waals surface area contributed by atoms with Crippen molar-refractivity contribution in [3.8, 4) is 16.9 Å². The van der Waals surface area contributed by atoms with Gasteiger partial charge in [-0.15, -0.1) is 0 Å². The number of rotatable bonds is 6. The van der Waals surface area contributed by atoms with Gasteiger partial charge in [0.1, 0.15) is 5.75 Å². The van der Waals surface area contributed by atoms with Gasteiger partial charge in [-0.05, 0) is 47.9 Å². The number of amides is 2. The lowest BCUT2D eigenvalue weighted by Gasteiger charge is -2.16. The summed E-state index contributed by atoms with van der Waals surface area (Å²) in [5.74, 6) is 0.722. The van der Waals surface area contributed by atoms with Crippen molar-refractivity contribution >= 4 is 17.5 Å². The number of benzene rings is 2. The summed E-state index contributed by atoms with van der Waals surface area (Å²) in [5.41, 5.74) is 4.37. The SMILES string of the molecule is COc1cnccc1-c1ccc(C(=O)NCc2ccc(N3CCCC3=O)cc2)cc1. The molecule has 0 atom stereocenters. The number of carbonyl (C=O) groups excluding carboxylic acids is 2. The van der Waals surface area contributed by atoms with Crippen molar-refractivity contribution in [2.75, 3.05) is 18.6 Å². The highest BCUT2D eigenvalue weighted by molar-refractivity contribution is 5.95. The highest BCUT2D eigenvalue weighted by atomic mass is 16.5. The third-order valence-corrected chi connectivity index (χ3v) is 5.24. The number of methoxy groups -OCH3 is 1. The van der Waals surface area contributed by atoms with Gasteiger partial charge in [0, 0.05) is 42.5 Å². The molecule has 152 valence electrons. The van der Waals surface area contributed by atoms with E-state index in [1.165, 1.54) is 0 Å². The van der Waals surface area contributed by atoms with Gasteiger partial charge in [0.2, 0.25) is 5.91 Å². The Kier molecular flexibility index (Phi) is 5.75. The molecule has 2 heterocycles. The molecule has 1 N–H and O–H groups in total. The van der Waals surface area contributed by atoms with E-state index in [1.807, 2.05) is 47.4 Å². The summed E-state index contributed by atoms with van der Waals surface area (Å²) in [6, 6.07) is 17.0. The molecule has 1 fully saturated rings. The topological polar surface area (TPSA) is 71.5 Å². The molecule has 0 spiro atoms. The number of ether oxygens (including phenoxy) is 1. The Hall–Kier alpha value is -3.67. The van der Waals surface area contributed by atoms with Gasteiger partial charge in [0.25, 0.3) is 5.91 Å². The molecular formula is C24H23N3O3. The van der Waals surface area contributed by atoms with Crippen LogP contribution in [0.4, 0.5) is 5.69 Å². The van der Waals surface area contributed by atoms with Crippen molar-refractivity contribution < 1.29 is 14.3 Å². The van der Waals surface area contributed by atoms with Gasteiger partial charge in [-0.1, -0.05) is 24.3 Å². The van der Waals surface area contributed by atoms with Crippen LogP contribution in [0.5, 0.6) is 5.75 Å². The van der Waals surface area contributed by atoms with Crippen LogP contribution < -0.4 is 15.0 Å². The summed E-state index contributed by atoms with van der Waals surface area (Å²) in [5, 5.41) is 2.94. The average Bonchev–Trinajstić information content (AvgIpc) is 3.23.